The van der Waals surface area contributed by atoms with Crippen LogP contribution in [0.15, 0.2) is 0 Å². The van der Waals surface area contributed by atoms with Gasteiger partial charge >= 0.3 is 10.4 Å². The second-order valence-corrected chi connectivity index (χ2v) is 7.77. The van der Waals surface area contributed by atoms with Gasteiger partial charge in [0.1, 0.15) is 36.6 Å². The first-order chi connectivity index (χ1) is 13.2. The van der Waals surface area contributed by atoms with Crippen molar-refractivity contribution in [3.8, 4) is 0 Å². The molecule has 0 bridgehead atoms. The van der Waals surface area contributed by atoms with Crippen molar-refractivity contribution in [3.05, 3.63) is 0 Å². The molecule has 0 spiro atoms. The number of rotatable bonds is 4. The Hall–Kier alpha value is -0.570. The van der Waals surface area contributed by atoms with E-state index in [1.165, 1.54) is 0 Å². The van der Waals surface area contributed by atoms with Crippen LogP contribution in [0.4, 0.5) is 0 Å². The molecule has 11 atom stereocenters. The van der Waals surface area contributed by atoms with Crippen LogP contribution in [0.3, 0.4) is 0 Å². The molecular weight excluding hydrogens is 422 g/mol. The monoisotopic (exact) mass is 451 g/mol. The van der Waals surface area contributed by atoms with Gasteiger partial charge in [0.05, 0.1) is 18.8 Å². The van der Waals surface area contributed by atoms with Crippen molar-refractivity contribution in [2.75, 3.05) is 6.61 Å². The van der Waals surface area contributed by atoms with E-state index < -0.39 is 84.1 Å². The molecule has 1 saturated carbocycles. The predicted octanol–water partition coefficient (Wildman–Crippen LogP) is -6.37. The molecule has 0 radical (unpaired) electrons. The fraction of sp³-hybridized carbons (Fsp3) is 1.00. The Balaban J connectivity index is 0.000000749. The highest BCUT2D eigenvalue weighted by molar-refractivity contribution is 7.79. The van der Waals surface area contributed by atoms with Crippen molar-refractivity contribution in [1.29, 1.82) is 0 Å². The van der Waals surface area contributed by atoms with E-state index in [-0.39, 0.29) is 6.42 Å². The Morgan fingerprint density at radius 1 is 0.966 bits per heavy atom. The van der Waals surface area contributed by atoms with Gasteiger partial charge in [0.15, 0.2) is 6.29 Å². The third kappa shape index (κ3) is 7.26. The summed E-state index contributed by atoms with van der Waals surface area (Å²) in [5, 5.41) is 58.6. The van der Waals surface area contributed by atoms with Crippen LogP contribution in [-0.4, -0.2) is 122 Å². The van der Waals surface area contributed by atoms with Gasteiger partial charge in [0.25, 0.3) is 0 Å². The van der Waals surface area contributed by atoms with Crippen LogP contribution in [0.1, 0.15) is 6.42 Å². The maximum Gasteiger partial charge on any atom is 0.394 e. The maximum absolute atomic E-state index is 10.1. The van der Waals surface area contributed by atoms with Crippen molar-refractivity contribution in [3.63, 3.8) is 0 Å². The molecule has 2 fully saturated rings. The van der Waals surface area contributed by atoms with Crippen LogP contribution in [0.5, 0.6) is 0 Å². The summed E-state index contributed by atoms with van der Waals surface area (Å²) < 4.78 is 42.5. The zero-order valence-electron chi connectivity index (χ0n) is 15.1. The molecule has 0 aromatic carbocycles. The van der Waals surface area contributed by atoms with Crippen LogP contribution in [0.2, 0.25) is 0 Å². The van der Waals surface area contributed by atoms with Gasteiger partial charge in [-0.2, -0.15) is 8.42 Å². The molecule has 1 saturated heterocycles. The normalized spacial score (nSPS) is 44.5. The van der Waals surface area contributed by atoms with Crippen molar-refractivity contribution >= 4 is 10.4 Å². The minimum atomic E-state index is -4.67. The van der Waals surface area contributed by atoms with Gasteiger partial charge in [-0.25, -0.2) is 0 Å². The lowest BCUT2D eigenvalue weighted by Crippen LogP contribution is -2.68. The van der Waals surface area contributed by atoms with Gasteiger partial charge in [0.2, 0.25) is 0 Å². The van der Waals surface area contributed by atoms with Gasteiger partial charge in [-0.05, 0) is 6.42 Å². The molecular formula is C13H29N3O12S. The fourth-order valence-corrected chi connectivity index (χ4v) is 3.08. The number of hydrogen-bond donors (Lipinski definition) is 11. The summed E-state index contributed by atoms with van der Waals surface area (Å²) in [6.45, 7) is -0.713. The van der Waals surface area contributed by atoms with Gasteiger partial charge in [0, 0.05) is 12.1 Å². The van der Waals surface area contributed by atoms with Gasteiger partial charge in [-0.3, -0.25) is 9.11 Å². The zero-order valence-corrected chi connectivity index (χ0v) is 15.9. The Labute approximate surface area is 166 Å². The lowest BCUT2D eigenvalue weighted by molar-refractivity contribution is -0.303. The summed E-state index contributed by atoms with van der Waals surface area (Å²) in [7, 11) is -4.67. The quantitative estimate of drug-likeness (QED) is 0.177. The van der Waals surface area contributed by atoms with Crippen LogP contribution in [-0.2, 0) is 19.9 Å². The average Bonchev–Trinajstić information content (AvgIpc) is 2.61. The molecule has 1 aliphatic heterocycles. The van der Waals surface area contributed by atoms with E-state index in [9.17, 15) is 25.5 Å². The van der Waals surface area contributed by atoms with E-state index in [4.69, 9.17) is 49.3 Å². The van der Waals surface area contributed by atoms with Crippen LogP contribution >= 0.6 is 0 Å². The van der Waals surface area contributed by atoms with Crippen molar-refractivity contribution in [2.45, 2.75) is 73.6 Å². The highest BCUT2D eigenvalue weighted by Gasteiger charge is 2.49. The molecule has 2 aliphatic rings. The predicted molar refractivity (Wildman–Crippen MR) is 93.4 cm³/mol. The van der Waals surface area contributed by atoms with Gasteiger partial charge < -0.3 is 57.3 Å². The average molecular weight is 451 g/mol. The summed E-state index contributed by atoms with van der Waals surface area (Å²) in [5.74, 6) is 0. The van der Waals surface area contributed by atoms with E-state index in [2.05, 4.69) is 0 Å². The van der Waals surface area contributed by atoms with Crippen molar-refractivity contribution < 1.29 is 57.6 Å². The van der Waals surface area contributed by atoms with E-state index in [1.54, 1.807) is 0 Å². The standard InChI is InChI=1S/C13H27N3O8.H2O4S/c14-3-1-4(15)11(9(21)7(3)19)23-13-6(16)8(20)10(22)12(24-13)5(18)2-17;1-5(2,3)4/h3-13,17-22H,1-2,14-16H2;(H2,1,2,3,4)/t3-,4+,5+,6+,7+,8+,9-,10-,11-,12+,13-;/m0./s1. The molecule has 0 unspecified atom stereocenters. The Kier molecular flexibility index (Phi) is 9.71. The molecule has 15 nitrogen and oxygen atoms in total. The molecule has 174 valence electrons. The van der Waals surface area contributed by atoms with Crippen LogP contribution < -0.4 is 17.2 Å². The molecule has 0 aromatic heterocycles. The molecule has 0 aromatic rings. The third-order valence-electron chi connectivity index (χ3n) is 4.64. The summed E-state index contributed by atoms with van der Waals surface area (Å²) >= 11 is 0. The number of aliphatic hydroxyl groups is 6. The molecule has 1 heterocycles. The van der Waals surface area contributed by atoms with E-state index in [1.807, 2.05) is 0 Å². The summed E-state index contributed by atoms with van der Waals surface area (Å²) in [5.41, 5.74) is 17.3. The zero-order chi connectivity index (χ0) is 22.7. The molecule has 0 amide bonds. The first-order valence-electron chi connectivity index (χ1n) is 8.47. The third-order valence-corrected chi connectivity index (χ3v) is 4.64. The Morgan fingerprint density at radius 2 is 1.48 bits per heavy atom. The summed E-state index contributed by atoms with van der Waals surface area (Å²) in [4.78, 5) is 0. The summed E-state index contributed by atoms with van der Waals surface area (Å²) in [6.07, 6.45) is -10.7. The second kappa shape index (κ2) is 10.6. The lowest BCUT2D eigenvalue weighted by atomic mass is 9.84. The highest BCUT2D eigenvalue weighted by Crippen LogP contribution is 2.28. The second-order valence-electron chi connectivity index (χ2n) is 6.87. The number of ether oxygens (including phenoxy) is 2. The first-order valence-corrected chi connectivity index (χ1v) is 9.87. The lowest BCUT2D eigenvalue weighted by Gasteiger charge is -2.46. The minimum absolute atomic E-state index is 0.179. The number of nitrogens with two attached hydrogens (primary N) is 3. The molecule has 29 heavy (non-hydrogen) atoms. The van der Waals surface area contributed by atoms with Crippen LogP contribution in [0.25, 0.3) is 0 Å². The molecule has 16 heteroatoms. The van der Waals surface area contributed by atoms with E-state index >= 15 is 0 Å². The minimum Gasteiger partial charge on any atom is -0.394 e. The SMILES string of the molecule is N[C@H]1[C@@H](O[C@@H]2[C@@H](O)[C@H](O)[C@@H](N)C[C@H]2N)O[C@H]([C@H](O)CO)[C@@H](O)[C@@H]1O.O=S(=O)(O)O. The fourth-order valence-electron chi connectivity index (χ4n) is 3.08. The topological polar surface area (TPSA) is 292 Å². The van der Waals surface area contributed by atoms with E-state index in [0.717, 1.165) is 0 Å². The highest BCUT2D eigenvalue weighted by atomic mass is 32.3. The maximum atomic E-state index is 10.1. The molecule has 1 aliphatic carbocycles. The number of hydrogen-bond acceptors (Lipinski definition) is 13. The van der Waals surface area contributed by atoms with Crippen molar-refractivity contribution in [1.82, 2.24) is 0 Å². The smallest absolute Gasteiger partial charge is 0.394 e. The number of aliphatic hydroxyl groups excluding tert-OH is 6. The van der Waals surface area contributed by atoms with Gasteiger partial charge in [-0.15, -0.1) is 0 Å². The summed E-state index contributed by atoms with van der Waals surface area (Å²) in [6, 6.07) is -2.64. The molecule has 2 rings (SSSR count). The largest absolute Gasteiger partial charge is 0.394 e. The van der Waals surface area contributed by atoms with Gasteiger partial charge in [-0.1, -0.05) is 0 Å². The van der Waals surface area contributed by atoms with Crippen LogP contribution in [0, 0.1) is 0 Å². The van der Waals surface area contributed by atoms with E-state index in [0.29, 0.717) is 0 Å². The Morgan fingerprint density at radius 3 is 1.97 bits per heavy atom. The first kappa shape index (κ1) is 26.5. The Bertz CT molecular complexity index is 604. The molecule has 14 N–H and O–H groups in total. The van der Waals surface area contributed by atoms with Crippen molar-refractivity contribution in [2.24, 2.45) is 17.2 Å².